The molecule has 1 aromatic heterocycles. The number of phenolic OH excluding ortho intramolecular Hbond substituents is 1. The molecule has 4 atom stereocenters. The summed E-state index contributed by atoms with van der Waals surface area (Å²) in [7, 11) is 3.33. The number of hydrogen-bond donors (Lipinski definition) is 2. The van der Waals surface area contributed by atoms with Crippen LogP contribution in [0.2, 0.25) is 0 Å². The van der Waals surface area contributed by atoms with Gasteiger partial charge in [-0.15, -0.1) is 6.42 Å². The summed E-state index contributed by atoms with van der Waals surface area (Å²) in [5.41, 5.74) is 0.194. The molecule has 4 aliphatic rings. The minimum Gasteiger partial charge on any atom is -0.508 e. The second-order valence-electron chi connectivity index (χ2n) is 14.3. The van der Waals surface area contributed by atoms with E-state index in [9.17, 15) is 14.3 Å². The number of fused-ring (bicyclic) bond motifs is 5. The molecular formula is C38H40F2N6O4. The number of aromatic hydroxyl groups is 1. The van der Waals surface area contributed by atoms with Crippen molar-refractivity contribution in [2.45, 2.75) is 62.2 Å². The predicted molar refractivity (Wildman–Crippen MR) is 186 cm³/mol. The largest absolute Gasteiger partial charge is 0.508 e. The lowest BCUT2D eigenvalue weighted by atomic mass is 9.93. The molecule has 0 radical (unpaired) electrons. The smallest absolute Gasteiger partial charge is 0.409 e. The predicted octanol–water partition coefficient (Wildman–Crippen LogP) is 5.43. The molecule has 260 valence electrons. The first-order valence-electron chi connectivity index (χ1n) is 17.3. The number of carbonyl (C=O) groups excluding carboxylic acids is 1. The van der Waals surface area contributed by atoms with E-state index in [0.717, 1.165) is 58.2 Å². The number of piperazine rings is 1. The Morgan fingerprint density at radius 2 is 1.90 bits per heavy atom. The molecule has 4 aromatic rings. The van der Waals surface area contributed by atoms with Crippen molar-refractivity contribution in [3.8, 4) is 35.2 Å². The molecular weight excluding hydrogens is 642 g/mol. The third kappa shape index (κ3) is 5.53. The number of anilines is 1. The van der Waals surface area contributed by atoms with E-state index in [1.54, 1.807) is 26.2 Å². The zero-order chi connectivity index (χ0) is 34.7. The first-order chi connectivity index (χ1) is 24.1. The van der Waals surface area contributed by atoms with Gasteiger partial charge in [-0.25, -0.2) is 13.6 Å². The quantitative estimate of drug-likeness (QED) is 0.247. The number of rotatable bonds is 7. The van der Waals surface area contributed by atoms with E-state index < -0.39 is 11.6 Å². The summed E-state index contributed by atoms with van der Waals surface area (Å²) < 4.78 is 43.9. The number of terminal acetylenes is 1. The van der Waals surface area contributed by atoms with Gasteiger partial charge in [-0.3, -0.25) is 4.90 Å². The van der Waals surface area contributed by atoms with Crippen LogP contribution in [0.1, 0.15) is 44.1 Å². The van der Waals surface area contributed by atoms with Crippen LogP contribution in [0, 0.1) is 24.0 Å². The van der Waals surface area contributed by atoms with Crippen LogP contribution in [-0.2, 0) is 4.74 Å². The molecule has 4 fully saturated rings. The average Bonchev–Trinajstić information content (AvgIpc) is 3.78. The number of benzene rings is 3. The summed E-state index contributed by atoms with van der Waals surface area (Å²) >= 11 is 0. The molecule has 4 saturated heterocycles. The molecule has 10 nitrogen and oxygen atoms in total. The van der Waals surface area contributed by atoms with Crippen LogP contribution < -0.4 is 15.0 Å². The summed E-state index contributed by atoms with van der Waals surface area (Å²) in [4.78, 5) is 27.7. The van der Waals surface area contributed by atoms with Crippen molar-refractivity contribution in [1.29, 1.82) is 0 Å². The van der Waals surface area contributed by atoms with E-state index in [1.165, 1.54) is 29.2 Å². The second-order valence-corrected chi connectivity index (χ2v) is 14.3. The van der Waals surface area contributed by atoms with Crippen molar-refractivity contribution in [1.82, 2.24) is 25.1 Å². The van der Waals surface area contributed by atoms with E-state index in [0.29, 0.717) is 47.3 Å². The first kappa shape index (κ1) is 32.5. The fourth-order valence-corrected chi connectivity index (χ4v) is 8.67. The molecule has 8 rings (SSSR count). The van der Waals surface area contributed by atoms with Crippen molar-refractivity contribution in [2.75, 3.05) is 51.8 Å². The Hall–Kier alpha value is -4.73. The summed E-state index contributed by atoms with van der Waals surface area (Å²) in [6.45, 7) is 2.93. The van der Waals surface area contributed by atoms with Gasteiger partial charge in [0.1, 0.15) is 36.1 Å². The molecule has 0 saturated carbocycles. The molecule has 1 amide bonds. The minimum atomic E-state index is -0.641. The van der Waals surface area contributed by atoms with E-state index in [4.69, 9.17) is 20.9 Å². The van der Waals surface area contributed by atoms with Gasteiger partial charge in [0.05, 0.1) is 11.1 Å². The van der Waals surface area contributed by atoms with Gasteiger partial charge in [0.25, 0.3) is 0 Å². The minimum absolute atomic E-state index is 0.00703. The second kappa shape index (κ2) is 12.5. The number of amides is 1. The number of phenols is 1. The molecule has 2 N–H and O–H groups in total. The van der Waals surface area contributed by atoms with Gasteiger partial charge in [-0.1, -0.05) is 18.1 Å². The van der Waals surface area contributed by atoms with Gasteiger partial charge in [0.2, 0.25) is 0 Å². The Balaban J connectivity index is 1.18. The Kier molecular flexibility index (Phi) is 8.15. The monoisotopic (exact) mass is 682 g/mol. The Morgan fingerprint density at radius 1 is 1.10 bits per heavy atom. The van der Waals surface area contributed by atoms with Crippen LogP contribution in [0.15, 0.2) is 36.4 Å². The number of halogens is 2. The van der Waals surface area contributed by atoms with Crippen LogP contribution in [0.4, 0.5) is 19.4 Å². The highest BCUT2D eigenvalue weighted by Gasteiger charge is 2.50. The molecule has 4 aliphatic heterocycles. The number of nitrogens with zero attached hydrogens (tertiary/aromatic N) is 5. The average molecular weight is 683 g/mol. The zero-order valence-corrected chi connectivity index (χ0v) is 28.2. The maximum atomic E-state index is 17.0. The normalized spacial score (nSPS) is 24.5. The molecule has 2 bridgehead atoms. The van der Waals surface area contributed by atoms with E-state index in [1.807, 2.05) is 0 Å². The van der Waals surface area contributed by atoms with Gasteiger partial charge < -0.3 is 29.7 Å². The molecule has 50 heavy (non-hydrogen) atoms. The number of ether oxygens (including phenoxy) is 2. The number of hydrogen-bond acceptors (Lipinski definition) is 9. The topological polar surface area (TPSA) is 103 Å². The lowest BCUT2D eigenvalue weighted by molar-refractivity contribution is 0.0484. The maximum Gasteiger partial charge on any atom is 0.409 e. The SMILES string of the molecule is C#Cc1c(F)ccc2cc(O)cc(-c3ccc4c(N5C[C@H]6CC[C@@H](C5)N6)nc(OC[C@]56CCCN5[C@@H](COC(=O)N(C)C)CC6)nc4c3F)c12. The lowest BCUT2D eigenvalue weighted by Gasteiger charge is -2.35. The van der Waals surface area contributed by atoms with Gasteiger partial charge in [0, 0.05) is 61.6 Å². The van der Waals surface area contributed by atoms with Crippen LogP contribution in [0.5, 0.6) is 11.8 Å². The highest BCUT2D eigenvalue weighted by molar-refractivity contribution is 6.04. The first-order valence-corrected chi connectivity index (χ1v) is 17.3. The van der Waals surface area contributed by atoms with Crippen molar-refractivity contribution in [3.05, 3.63) is 53.6 Å². The summed E-state index contributed by atoms with van der Waals surface area (Å²) in [5, 5.41) is 15.6. The van der Waals surface area contributed by atoms with Crippen LogP contribution >= 0.6 is 0 Å². The third-order valence-corrected chi connectivity index (χ3v) is 11.0. The Bertz CT molecular complexity index is 2040. The molecule has 5 heterocycles. The van der Waals surface area contributed by atoms with E-state index >= 15 is 4.39 Å². The fraction of sp³-hybridized carbons (Fsp3) is 0.447. The summed E-state index contributed by atoms with van der Waals surface area (Å²) in [6.07, 6.45) is 11.1. The highest BCUT2D eigenvalue weighted by atomic mass is 19.1. The van der Waals surface area contributed by atoms with Crippen molar-refractivity contribution in [2.24, 2.45) is 0 Å². The van der Waals surface area contributed by atoms with Crippen molar-refractivity contribution >= 4 is 33.6 Å². The van der Waals surface area contributed by atoms with Gasteiger partial charge >= 0.3 is 12.1 Å². The Morgan fingerprint density at radius 3 is 2.66 bits per heavy atom. The van der Waals surface area contributed by atoms with Crippen molar-refractivity contribution in [3.63, 3.8) is 0 Å². The number of nitrogens with one attached hydrogen (secondary N) is 1. The Labute approximate surface area is 289 Å². The summed E-state index contributed by atoms with van der Waals surface area (Å²) in [6, 6.07) is 9.85. The van der Waals surface area contributed by atoms with Crippen LogP contribution in [-0.4, -0.2) is 102 Å². The molecule has 0 aliphatic carbocycles. The standard InChI is InChI=1S/C38H40F2N6O4/c1-4-27-31(39)11-6-22-16-26(47)17-30(32(22)27)28-9-10-29-34(33(28)40)42-36(43-35(29)45-18-23-7-8-24(19-45)41-23)50-21-38-13-5-15-46(38)25(12-14-38)20-49-37(48)44(2)3/h1,6,9-11,16-17,23-25,41,47H,5,7-8,12-15,18-21H2,2-3H3/t23-,24+,25-,38-/m1/s1. The molecule has 0 unspecified atom stereocenters. The van der Waals surface area contributed by atoms with Crippen LogP contribution in [0.3, 0.4) is 0 Å². The van der Waals surface area contributed by atoms with Gasteiger partial charge in [-0.2, -0.15) is 9.97 Å². The van der Waals surface area contributed by atoms with E-state index in [2.05, 4.69) is 26.0 Å². The maximum absolute atomic E-state index is 17.0. The van der Waals surface area contributed by atoms with Gasteiger partial charge in [-0.05, 0) is 80.3 Å². The fourth-order valence-electron chi connectivity index (χ4n) is 8.67. The molecule has 0 spiro atoms. The molecule has 12 heteroatoms. The lowest BCUT2D eigenvalue weighted by Crippen LogP contribution is -2.51. The number of carbonyl (C=O) groups is 1. The molecule has 3 aromatic carbocycles. The number of aromatic nitrogens is 2. The summed E-state index contributed by atoms with van der Waals surface area (Å²) in [5.74, 6) is 1.67. The zero-order valence-electron chi connectivity index (χ0n) is 28.2. The van der Waals surface area contributed by atoms with Gasteiger partial charge in [0.15, 0.2) is 5.82 Å². The van der Waals surface area contributed by atoms with Crippen LogP contribution in [0.25, 0.3) is 32.8 Å². The van der Waals surface area contributed by atoms with Crippen molar-refractivity contribution < 1.29 is 28.2 Å². The highest BCUT2D eigenvalue weighted by Crippen LogP contribution is 2.44. The third-order valence-electron chi connectivity index (χ3n) is 11.0. The van der Waals surface area contributed by atoms with E-state index in [-0.39, 0.29) is 51.6 Å².